The molecule has 0 bridgehead atoms. The summed E-state index contributed by atoms with van der Waals surface area (Å²) in [4.78, 5) is 15.8. The Hall–Kier alpha value is -1.39. The highest BCUT2D eigenvalue weighted by molar-refractivity contribution is 5.75. The fourth-order valence-corrected chi connectivity index (χ4v) is 2.67. The van der Waals surface area contributed by atoms with Crippen LogP contribution in [-0.2, 0) is 17.6 Å². The molecule has 0 saturated heterocycles. The Balaban J connectivity index is 2.10. The van der Waals surface area contributed by atoms with Gasteiger partial charge < -0.3 is 9.63 Å². The van der Waals surface area contributed by atoms with Crippen molar-refractivity contribution in [1.29, 1.82) is 0 Å². The molecule has 0 amide bonds. The molecule has 1 aromatic heterocycles. The molecule has 0 radical (unpaired) electrons. The topological polar surface area (TPSA) is 76.2 Å². The van der Waals surface area contributed by atoms with E-state index in [1.54, 1.807) is 0 Å². The number of hydrogen-bond acceptors (Lipinski definition) is 4. The molecule has 5 heteroatoms. The summed E-state index contributed by atoms with van der Waals surface area (Å²) in [7, 11) is 0. The van der Waals surface area contributed by atoms with Crippen LogP contribution in [0.1, 0.15) is 57.2 Å². The van der Waals surface area contributed by atoms with Gasteiger partial charge in [-0.3, -0.25) is 4.79 Å². The largest absolute Gasteiger partial charge is 0.481 e. The van der Waals surface area contributed by atoms with E-state index in [1.807, 2.05) is 0 Å². The van der Waals surface area contributed by atoms with Gasteiger partial charge in [0.05, 0.1) is 5.41 Å². The molecule has 1 fully saturated rings. The molecule has 2 rings (SSSR count). The maximum Gasteiger partial charge on any atom is 0.310 e. The van der Waals surface area contributed by atoms with E-state index in [2.05, 4.69) is 17.1 Å². The van der Waals surface area contributed by atoms with Gasteiger partial charge in [-0.1, -0.05) is 31.3 Å². The molecule has 1 aliphatic rings. The van der Waals surface area contributed by atoms with Crippen molar-refractivity contribution < 1.29 is 14.4 Å². The smallest absolute Gasteiger partial charge is 0.310 e. The zero-order valence-electron chi connectivity index (χ0n) is 10.8. The van der Waals surface area contributed by atoms with Gasteiger partial charge in [-0.15, -0.1) is 0 Å². The molecule has 1 saturated carbocycles. The Kier molecular flexibility index (Phi) is 3.99. The second kappa shape index (κ2) is 5.50. The van der Waals surface area contributed by atoms with Gasteiger partial charge in [-0.2, -0.15) is 4.98 Å². The van der Waals surface area contributed by atoms with Crippen molar-refractivity contribution in [2.75, 3.05) is 0 Å². The number of carbonyl (C=O) groups is 1. The van der Waals surface area contributed by atoms with Crippen LogP contribution < -0.4 is 0 Å². The molecule has 100 valence electrons. The van der Waals surface area contributed by atoms with Gasteiger partial charge in [0.25, 0.3) is 0 Å². The van der Waals surface area contributed by atoms with Crippen molar-refractivity contribution in [1.82, 2.24) is 10.1 Å². The first-order valence-electron chi connectivity index (χ1n) is 6.71. The zero-order valence-corrected chi connectivity index (χ0v) is 10.8. The molecule has 5 nitrogen and oxygen atoms in total. The third-order valence-electron chi connectivity index (χ3n) is 3.74. The summed E-state index contributed by atoms with van der Waals surface area (Å²) in [5.74, 6) is 0.434. The molecule has 0 unspecified atom stereocenters. The molecular formula is C13H20N2O3. The average molecular weight is 252 g/mol. The third-order valence-corrected chi connectivity index (χ3v) is 3.74. The van der Waals surface area contributed by atoms with Gasteiger partial charge in [-0.05, 0) is 19.3 Å². The van der Waals surface area contributed by atoms with Gasteiger partial charge >= 0.3 is 5.97 Å². The Bertz CT molecular complexity index is 408. The minimum absolute atomic E-state index is 0.374. The molecule has 1 aromatic rings. The van der Waals surface area contributed by atoms with Crippen LogP contribution in [0.25, 0.3) is 0 Å². The quantitative estimate of drug-likeness (QED) is 0.871. The summed E-state index contributed by atoms with van der Waals surface area (Å²) >= 11 is 0. The highest BCUT2D eigenvalue weighted by atomic mass is 16.5. The van der Waals surface area contributed by atoms with Crippen molar-refractivity contribution in [3.05, 3.63) is 11.7 Å². The van der Waals surface area contributed by atoms with Crippen LogP contribution in [0.4, 0.5) is 0 Å². The number of carboxylic acid groups (broad SMARTS) is 1. The van der Waals surface area contributed by atoms with Crippen LogP contribution in [0.2, 0.25) is 0 Å². The van der Waals surface area contributed by atoms with E-state index in [-0.39, 0.29) is 0 Å². The molecule has 1 N–H and O–H groups in total. The van der Waals surface area contributed by atoms with E-state index >= 15 is 0 Å². The Morgan fingerprint density at radius 1 is 1.39 bits per heavy atom. The molecule has 18 heavy (non-hydrogen) atoms. The van der Waals surface area contributed by atoms with Gasteiger partial charge in [0, 0.05) is 12.8 Å². The second-order valence-electron chi connectivity index (χ2n) is 5.18. The summed E-state index contributed by atoms with van der Waals surface area (Å²) < 4.78 is 5.17. The minimum Gasteiger partial charge on any atom is -0.481 e. The number of aryl methyl sites for hydroxylation is 1. The van der Waals surface area contributed by atoms with Gasteiger partial charge in [0.1, 0.15) is 0 Å². The van der Waals surface area contributed by atoms with Crippen LogP contribution in [0, 0.1) is 5.41 Å². The molecule has 0 aliphatic heterocycles. The van der Waals surface area contributed by atoms with E-state index < -0.39 is 11.4 Å². The van der Waals surface area contributed by atoms with E-state index in [0.717, 1.165) is 32.1 Å². The number of aromatic nitrogens is 2. The Morgan fingerprint density at radius 3 is 2.72 bits per heavy atom. The van der Waals surface area contributed by atoms with Gasteiger partial charge in [0.2, 0.25) is 5.89 Å². The van der Waals surface area contributed by atoms with Crippen LogP contribution in [0.3, 0.4) is 0 Å². The monoisotopic (exact) mass is 252 g/mol. The Morgan fingerprint density at radius 2 is 2.11 bits per heavy atom. The lowest BCUT2D eigenvalue weighted by Crippen LogP contribution is -2.35. The third kappa shape index (κ3) is 2.71. The van der Waals surface area contributed by atoms with E-state index in [4.69, 9.17) is 4.52 Å². The lowest BCUT2D eigenvalue weighted by molar-refractivity contribution is -0.151. The SMILES string of the molecule is CCCc1noc(CC2(C(=O)O)CCCCC2)n1. The molecular weight excluding hydrogens is 232 g/mol. The fourth-order valence-electron chi connectivity index (χ4n) is 2.67. The first-order valence-corrected chi connectivity index (χ1v) is 6.71. The van der Waals surface area contributed by atoms with Gasteiger partial charge in [-0.25, -0.2) is 0 Å². The normalized spacial score (nSPS) is 18.7. The van der Waals surface area contributed by atoms with Crippen molar-refractivity contribution in [3.8, 4) is 0 Å². The van der Waals surface area contributed by atoms with Crippen molar-refractivity contribution in [2.24, 2.45) is 5.41 Å². The molecule has 1 heterocycles. The van der Waals surface area contributed by atoms with Crippen LogP contribution >= 0.6 is 0 Å². The van der Waals surface area contributed by atoms with E-state index in [1.165, 1.54) is 0 Å². The average Bonchev–Trinajstić information content (AvgIpc) is 2.78. The molecule has 1 aliphatic carbocycles. The summed E-state index contributed by atoms with van der Waals surface area (Å²) in [5.41, 5.74) is -0.686. The van der Waals surface area contributed by atoms with Crippen molar-refractivity contribution in [3.63, 3.8) is 0 Å². The summed E-state index contributed by atoms with van der Waals surface area (Å²) in [6.45, 7) is 2.05. The number of rotatable bonds is 5. The van der Waals surface area contributed by atoms with E-state index in [0.29, 0.717) is 31.0 Å². The number of carboxylic acids is 1. The minimum atomic E-state index is -0.725. The van der Waals surface area contributed by atoms with Crippen LogP contribution in [0.15, 0.2) is 4.52 Å². The van der Waals surface area contributed by atoms with Gasteiger partial charge in [0.15, 0.2) is 5.82 Å². The molecule has 0 aromatic carbocycles. The maximum atomic E-state index is 11.5. The Labute approximate surface area is 107 Å². The highest BCUT2D eigenvalue weighted by Gasteiger charge is 2.41. The fraction of sp³-hybridized carbons (Fsp3) is 0.769. The summed E-state index contributed by atoms with van der Waals surface area (Å²) in [6, 6.07) is 0. The summed E-state index contributed by atoms with van der Waals surface area (Å²) in [5, 5.41) is 13.4. The first-order chi connectivity index (χ1) is 8.66. The molecule has 0 spiro atoms. The maximum absolute atomic E-state index is 11.5. The van der Waals surface area contributed by atoms with Crippen LogP contribution in [0.5, 0.6) is 0 Å². The second-order valence-corrected chi connectivity index (χ2v) is 5.18. The van der Waals surface area contributed by atoms with Crippen LogP contribution in [-0.4, -0.2) is 21.2 Å². The zero-order chi connectivity index (χ0) is 13.0. The number of aliphatic carboxylic acids is 1. The lowest BCUT2D eigenvalue weighted by Gasteiger charge is -2.31. The number of nitrogens with zero attached hydrogens (tertiary/aromatic N) is 2. The predicted molar refractivity (Wildman–Crippen MR) is 65.2 cm³/mol. The van der Waals surface area contributed by atoms with Crippen molar-refractivity contribution >= 4 is 5.97 Å². The predicted octanol–water partition coefficient (Wildman–Crippen LogP) is 2.60. The lowest BCUT2D eigenvalue weighted by atomic mass is 9.72. The van der Waals surface area contributed by atoms with E-state index in [9.17, 15) is 9.90 Å². The summed E-state index contributed by atoms with van der Waals surface area (Å²) in [6.07, 6.45) is 6.62. The highest BCUT2D eigenvalue weighted by Crippen LogP contribution is 2.39. The van der Waals surface area contributed by atoms with Crippen molar-refractivity contribution in [2.45, 2.75) is 58.3 Å². The standard InChI is InChI=1S/C13H20N2O3/c1-2-6-10-14-11(18-15-10)9-13(12(16)17)7-4-3-5-8-13/h2-9H2,1H3,(H,16,17). The number of hydrogen-bond donors (Lipinski definition) is 1. The first kappa shape index (κ1) is 13.1. The molecule has 0 atom stereocenters.